The van der Waals surface area contributed by atoms with E-state index in [1.54, 1.807) is 0 Å². The Bertz CT molecular complexity index is 1010. The number of hydrogen-bond acceptors (Lipinski definition) is 4. The molecule has 2 aliphatic carbocycles. The Labute approximate surface area is 174 Å². The number of aryl methyl sites for hydroxylation is 1. The number of nitrogens with one attached hydrogen (secondary N) is 1. The second kappa shape index (κ2) is 7.67. The fourth-order valence-corrected chi connectivity index (χ4v) is 4.63. The van der Waals surface area contributed by atoms with E-state index in [0.717, 1.165) is 22.2 Å². The summed E-state index contributed by atoms with van der Waals surface area (Å²) in [6.45, 7) is 2.04. The van der Waals surface area contributed by atoms with E-state index in [0.29, 0.717) is 12.0 Å². The van der Waals surface area contributed by atoms with Crippen LogP contribution in [-0.2, 0) is 4.79 Å². The average Bonchev–Trinajstić information content (AvgIpc) is 3.67. The van der Waals surface area contributed by atoms with Gasteiger partial charge in [0, 0.05) is 17.6 Å². The molecule has 0 bridgehead atoms. The Hall–Kier alpha value is -2.60. The van der Waals surface area contributed by atoms with Crippen molar-refractivity contribution in [3.8, 4) is 0 Å². The minimum absolute atomic E-state index is 0.0385. The zero-order chi connectivity index (χ0) is 19.8. The maximum absolute atomic E-state index is 13.3. The molecule has 29 heavy (non-hydrogen) atoms. The predicted molar refractivity (Wildman–Crippen MR) is 115 cm³/mol. The van der Waals surface area contributed by atoms with Crippen LogP contribution in [0, 0.1) is 6.92 Å². The third-order valence-corrected chi connectivity index (χ3v) is 6.64. The first-order chi connectivity index (χ1) is 14.2. The van der Waals surface area contributed by atoms with Gasteiger partial charge in [-0.05, 0) is 50.3 Å². The van der Waals surface area contributed by atoms with Crippen molar-refractivity contribution in [2.45, 2.75) is 55.0 Å². The van der Waals surface area contributed by atoms with Crippen LogP contribution in [0.2, 0.25) is 0 Å². The van der Waals surface area contributed by atoms with Crippen LogP contribution < -0.4 is 5.32 Å². The Kier molecular flexibility index (Phi) is 4.87. The van der Waals surface area contributed by atoms with Crippen LogP contribution in [0.25, 0.3) is 0 Å². The zero-order valence-corrected chi connectivity index (χ0v) is 17.2. The van der Waals surface area contributed by atoms with Crippen molar-refractivity contribution in [3.63, 3.8) is 0 Å². The molecule has 2 saturated carbocycles. The molecule has 0 saturated heterocycles. The van der Waals surface area contributed by atoms with Gasteiger partial charge in [-0.15, -0.1) is 10.2 Å². The van der Waals surface area contributed by atoms with E-state index < -0.39 is 0 Å². The maximum Gasteiger partial charge on any atom is 0.242 e. The van der Waals surface area contributed by atoms with Crippen LogP contribution >= 0.6 is 11.8 Å². The summed E-state index contributed by atoms with van der Waals surface area (Å²) in [4.78, 5) is 13.3. The van der Waals surface area contributed by atoms with Gasteiger partial charge in [-0.1, -0.05) is 59.8 Å². The highest BCUT2D eigenvalue weighted by Crippen LogP contribution is 2.47. The monoisotopic (exact) mass is 404 g/mol. The van der Waals surface area contributed by atoms with Crippen LogP contribution in [0.15, 0.2) is 59.8 Å². The first kappa shape index (κ1) is 18.4. The number of rotatable bonds is 7. The molecule has 0 spiro atoms. The van der Waals surface area contributed by atoms with Gasteiger partial charge in [-0.3, -0.25) is 4.79 Å². The minimum Gasteiger partial charge on any atom is -0.325 e. The first-order valence-corrected chi connectivity index (χ1v) is 11.1. The normalized spacial score (nSPS) is 17.1. The molecule has 0 aliphatic heterocycles. The third kappa shape index (κ3) is 4.08. The predicted octanol–water partition coefficient (Wildman–Crippen LogP) is 5.27. The molecular weight excluding hydrogens is 380 g/mol. The zero-order valence-electron chi connectivity index (χ0n) is 16.4. The van der Waals surface area contributed by atoms with Gasteiger partial charge in [0.1, 0.15) is 11.1 Å². The molecule has 1 amide bonds. The average molecular weight is 405 g/mol. The summed E-state index contributed by atoms with van der Waals surface area (Å²) in [6.07, 6.45) is 4.75. The molecule has 6 heteroatoms. The molecule has 5 rings (SSSR count). The van der Waals surface area contributed by atoms with Crippen molar-refractivity contribution in [3.05, 3.63) is 71.5 Å². The Morgan fingerprint density at radius 1 is 1.03 bits per heavy atom. The standard InChI is InChI=1S/C23H24N4OS/c1-15-7-11-18(12-8-15)24-22(28)20(16-5-3-2-4-6-16)29-23-26-25-21(17-9-10-17)27(23)19-13-14-19/h2-8,11-12,17,19-20H,9-10,13-14H2,1H3,(H,24,28)/t20-/m1/s1. The smallest absolute Gasteiger partial charge is 0.242 e. The molecule has 5 nitrogen and oxygen atoms in total. The third-order valence-electron chi connectivity index (χ3n) is 5.43. The van der Waals surface area contributed by atoms with Crippen LogP contribution in [-0.4, -0.2) is 20.7 Å². The van der Waals surface area contributed by atoms with Gasteiger partial charge < -0.3 is 9.88 Å². The number of carbonyl (C=O) groups excluding carboxylic acids is 1. The second-order valence-electron chi connectivity index (χ2n) is 7.98. The number of carbonyl (C=O) groups is 1. The van der Waals surface area contributed by atoms with Crippen molar-refractivity contribution in [2.24, 2.45) is 0 Å². The summed E-state index contributed by atoms with van der Waals surface area (Å²) in [5.74, 6) is 1.62. The van der Waals surface area contributed by atoms with E-state index in [-0.39, 0.29) is 11.2 Å². The molecule has 148 valence electrons. The molecule has 3 aromatic rings. The van der Waals surface area contributed by atoms with Gasteiger partial charge in [-0.25, -0.2) is 0 Å². The van der Waals surface area contributed by atoms with E-state index in [4.69, 9.17) is 0 Å². The highest BCUT2D eigenvalue weighted by molar-refractivity contribution is 8.00. The second-order valence-corrected chi connectivity index (χ2v) is 9.05. The highest BCUT2D eigenvalue weighted by atomic mass is 32.2. The fraction of sp³-hybridized carbons (Fsp3) is 0.348. The Morgan fingerprint density at radius 2 is 1.76 bits per heavy atom. The van der Waals surface area contributed by atoms with Crippen LogP contribution in [0.1, 0.15) is 59.8 Å². The van der Waals surface area contributed by atoms with Gasteiger partial charge >= 0.3 is 0 Å². The van der Waals surface area contributed by atoms with Crippen molar-refractivity contribution < 1.29 is 4.79 Å². The minimum atomic E-state index is -0.383. The highest BCUT2D eigenvalue weighted by Gasteiger charge is 2.37. The van der Waals surface area contributed by atoms with E-state index in [1.165, 1.54) is 43.0 Å². The van der Waals surface area contributed by atoms with Crippen LogP contribution in [0.3, 0.4) is 0 Å². The largest absolute Gasteiger partial charge is 0.325 e. The lowest BCUT2D eigenvalue weighted by molar-refractivity contribution is -0.115. The van der Waals surface area contributed by atoms with Gasteiger partial charge in [0.15, 0.2) is 5.16 Å². The maximum atomic E-state index is 13.3. The molecule has 2 aromatic carbocycles. The molecule has 0 unspecified atom stereocenters. The summed E-state index contributed by atoms with van der Waals surface area (Å²) in [7, 11) is 0. The van der Waals surface area contributed by atoms with E-state index >= 15 is 0 Å². The summed E-state index contributed by atoms with van der Waals surface area (Å²) in [5.41, 5.74) is 2.95. The molecule has 0 radical (unpaired) electrons. The first-order valence-electron chi connectivity index (χ1n) is 10.2. The lowest BCUT2D eigenvalue weighted by Gasteiger charge is -2.17. The Balaban J connectivity index is 1.44. The molecule has 1 atom stereocenters. The van der Waals surface area contributed by atoms with E-state index in [9.17, 15) is 4.79 Å². The number of thioether (sulfide) groups is 1. The Morgan fingerprint density at radius 3 is 2.41 bits per heavy atom. The summed E-state index contributed by atoms with van der Waals surface area (Å²) in [5, 5.41) is 12.6. The fourth-order valence-electron chi connectivity index (χ4n) is 3.52. The van der Waals surface area contributed by atoms with Gasteiger partial charge in [0.25, 0.3) is 0 Å². The lowest BCUT2D eigenvalue weighted by atomic mass is 10.1. The number of benzene rings is 2. The quantitative estimate of drug-likeness (QED) is 0.545. The molecule has 2 fully saturated rings. The SMILES string of the molecule is Cc1ccc(NC(=O)[C@H](Sc2nnc(C3CC3)n2C2CC2)c2ccccc2)cc1. The molecule has 1 N–H and O–H groups in total. The van der Waals surface area contributed by atoms with Gasteiger partial charge in [-0.2, -0.15) is 0 Å². The summed E-state index contributed by atoms with van der Waals surface area (Å²) >= 11 is 1.51. The summed E-state index contributed by atoms with van der Waals surface area (Å²) in [6, 6.07) is 18.3. The number of nitrogens with zero attached hydrogens (tertiary/aromatic N) is 3. The number of aromatic nitrogens is 3. The molecule has 1 aromatic heterocycles. The number of amides is 1. The topological polar surface area (TPSA) is 59.8 Å². The molecule has 2 aliphatic rings. The summed E-state index contributed by atoms with van der Waals surface area (Å²) < 4.78 is 2.30. The van der Waals surface area contributed by atoms with E-state index in [1.807, 2.05) is 61.5 Å². The molecular formula is C23H24N4OS. The van der Waals surface area contributed by atoms with E-state index in [2.05, 4.69) is 20.1 Å². The van der Waals surface area contributed by atoms with Crippen molar-refractivity contribution in [1.82, 2.24) is 14.8 Å². The van der Waals surface area contributed by atoms with Crippen LogP contribution in [0.5, 0.6) is 0 Å². The number of anilines is 1. The van der Waals surface area contributed by atoms with Crippen LogP contribution in [0.4, 0.5) is 5.69 Å². The molecule has 1 heterocycles. The van der Waals surface area contributed by atoms with Crippen molar-refractivity contribution in [1.29, 1.82) is 0 Å². The van der Waals surface area contributed by atoms with Gasteiger partial charge in [0.05, 0.1) is 0 Å². The van der Waals surface area contributed by atoms with Crippen molar-refractivity contribution >= 4 is 23.4 Å². The lowest BCUT2D eigenvalue weighted by Crippen LogP contribution is -2.19. The van der Waals surface area contributed by atoms with Gasteiger partial charge in [0.2, 0.25) is 5.91 Å². The van der Waals surface area contributed by atoms with Crippen molar-refractivity contribution in [2.75, 3.05) is 5.32 Å². The number of hydrogen-bond donors (Lipinski definition) is 1.